The SMILES string of the molecule is C=CCNC(=S)N/N=C/c1ccc(OCCC)cc1O. The summed E-state index contributed by atoms with van der Waals surface area (Å²) >= 11 is 4.97. The Labute approximate surface area is 124 Å². The maximum atomic E-state index is 9.84. The first-order chi connectivity index (χ1) is 9.67. The summed E-state index contributed by atoms with van der Waals surface area (Å²) in [5.74, 6) is 0.742. The first kappa shape index (κ1) is 16.0. The van der Waals surface area contributed by atoms with Crippen molar-refractivity contribution in [3.63, 3.8) is 0 Å². The summed E-state index contributed by atoms with van der Waals surface area (Å²) < 4.78 is 5.42. The van der Waals surface area contributed by atoms with Gasteiger partial charge in [0.15, 0.2) is 5.11 Å². The van der Waals surface area contributed by atoms with E-state index in [4.69, 9.17) is 17.0 Å². The van der Waals surface area contributed by atoms with Gasteiger partial charge in [-0.1, -0.05) is 13.0 Å². The van der Waals surface area contributed by atoms with Crippen molar-refractivity contribution in [2.24, 2.45) is 5.10 Å². The molecular formula is C14H19N3O2S. The number of aromatic hydroxyl groups is 1. The minimum absolute atomic E-state index is 0.106. The minimum Gasteiger partial charge on any atom is -0.507 e. The summed E-state index contributed by atoms with van der Waals surface area (Å²) in [5, 5.41) is 17.0. The first-order valence-electron chi connectivity index (χ1n) is 6.31. The van der Waals surface area contributed by atoms with Gasteiger partial charge in [0.1, 0.15) is 11.5 Å². The Morgan fingerprint density at radius 2 is 2.35 bits per heavy atom. The molecule has 0 saturated heterocycles. The van der Waals surface area contributed by atoms with Gasteiger partial charge in [-0.05, 0) is 30.8 Å². The van der Waals surface area contributed by atoms with Crippen molar-refractivity contribution in [1.82, 2.24) is 10.7 Å². The van der Waals surface area contributed by atoms with Crippen LogP contribution in [-0.4, -0.2) is 29.6 Å². The highest BCUT2D eigenvalue weighted by Gasteiger charge is 2.01. The van der Waals surface area contributed by atoms with Crippen LogP contribution in [0.1, 0.15) is 18.9 Å². The summed E-state index contributed by atoms with van der Waals surface area (Å²) in [6.07, 6.45) is 4.10. The average Bonchev–Trinajstić information content (AvgIpc) is 2.45. The second-order valence-electron chi connectivity index (χ2n) is 3.94. The van der Waals surface area contributed by atoms with Crippen LogP contribution < -0.4 is 15.5 Å². The van der Waals surface area contributed by atoms with Crippen molar-refractivity contribution in [2.75, 3.05) is 13.2 Å². The number of nitrogens with one attached hydrogen (secondary N) is 2. The van der Waals surface area contributed by atoms with Gasteiger partial charge in [0.2, 0.25) is 0 Å². The van der Waals surface area contributed by atoms with E-state index in [0.717, 1.165) is 6.42 Å². The second kappa shape index (κ2) is 8.92. The molecule has 5 nitrogen and oxygen atoms in total. The van der Waals surface area contributed by atoms with Crippen molar-refractivity contribution >= 4 is 23.5 Å². The van der Waals surface area contributed by atoms with Crippen LogP contribution in [0.15, 0.2) is 36.0 Å². The van der Waals surface area contributed by atoms with Crippen molar-refractivity contribution in [3.05, 3.63) is 36.4 Å². The van der Waals surface area contributed by atoms with Crippen LogP contribution in [0, 0.1) is 0 Å². The topological polar surface area (TPSA) is 65.9 Å². The third-order valence-electron chi connectivity index (χ3n) is 2.25. The van der Waals surface area contributed by atoms with E-state index in [1.54, 1.807) is 24.3 Å². The van der Waals surface area contributed by atoms with Crippen molar-refractivity contribution < 1.29 is 9.84 Å². The number of phenolic OH excluding ortho intramolecular Hbond substituents is 1. The molecule has 20 heavy (non-hydrogen) atoms. The van der Waals surface area contributed by atoms with E-state index in [-0.39, 0.29) is 5.75 Å². The maximum Gasteiger partial charge on any atom is 0.187 e. The van der Waals surface area contributed by atoms with E-state index in [9.17, 15) is 5.11 Å². The van der Waals surface area contributed by atoms with E-state index >= 15 is 0 Å². The fourth-order valence-electron chi connectivity index (χ4n) is 1.31. The molecule has 0 aromatic heterocycles. The molecule has 0 heterocycles. The molecule has 0 saturated carbocycles. The summed E-state index contributed by atoms with van der Waals surface area (Å²) in [5.41, 5.74) is 3.22. The largest absolute Gasteiger partial charge is 0.507 e. The lowest BCUT2D eigenvalue weighted by atomic mass is 10.2. The molecule has 0 atom stereocenters. The lowest BCUT2D eigenvalue weighted by Gasteiger charge is -2.06. The molecule has 0 aliphatic heterocycles. The molecule has 0 unspecified atom stereocenters. The maximum absolute atomic E-state index is 9.84. The zero-order chi connectivity index (χ0) is 14.8. The van der Waals surface area contributed by atoms with Crippen LogP contribution in [0.5, 0.6) is 11.5 Å². The van der Waals surface area contributed by atoms with Crippen molar-refractivity contribution in [2.45, 2.75) is 13.3 Å². The monoisotopic (exact) mass is 293 g/mol. The normalized spacial score (nSPS) is 10.2. The van der Waals surface area contributed by atoms with Gasteiger partial charge in [0.05, 0.1) is 12.8 Å². The zero-order valence-corrected chi connectivity index (χ0v) is 12.2. The quantitative estimate of drug-likeness (QED) is 0.311. The average molecular weight is 293 g/mol. The molecule has 0 amide bonds. The molecule has 0 fully saturated rings. The molecule has 0 radical (unpaired) electrons. The standard InChI is InChI=1S/C14H19N3O2S/c1-3-7-15-14(20)17-16-10-11-5-6-12(9-13(11)18)19-8-4-2/h3,5-6,9-10,18H,1,4,7-8H2,2H3,(H2,15,17,20)/b16-10+. The van der Waals surface area contributed by atoms with Crippen LogP contribution in [0.2, 0.25) is 0 Å². The van der Waals surface area contributed by atoms with Crippen LogP contribution in [0.3, 0.4) is 0 Å². The molecule has 1 aromatic rings. The van der Waals surface area contributed by atoms with E-state index in [1.807, 2.05) is 6.92 Å². The summed E-state index contributed by atoms with van der Waals surface area (Å²) in [6, 6.07) is 5.07. The first-order valence-corrected chi connectivity index (χ1v) is 6.71. The Bertz CT molecular complexity index is 489. The van der Waals surface area contributed by atoms with Crippen LogP contribution in [-0.2, 0) is 0 Å². The summed E-state index contributed by atoms with van der Waals surface area (Å²) in [4.78, 5) is 0. The van der Waals surface area contributed by atoms with Crippen LogP contribution >= 0.6 is 12.2 Å². The molecule has 1 aromatic carbocycles. The third-order valence-corrected chi connectivity index (χ3v) is 2.49. The molecule has 0 aliphatic carbocycles. The van der Waals surface area contributed by atoms with Gasteiger partial charge in [-0.25, -0.2) is 0 Å². The molecule has 3 N–H and O–H groups in total. The lowest BCUT2D eigenvalue weighted by molar-refractivity contribution is 0.315. The van der Waals surface area contributed by atoms with E-state index in [1.165, 1.54) is 6.21 Å². The predicted octanol–water partition coefficient (Wildman–Crippen LogP) is 2.17. The van der Waals surface area contributed by atoms with Gasteiger partial charge in [-0.3, -0.25) is 5.43 Å². The molecule has 0 spiro atoms. The fraction of sp³-hybridized carbons (Fsp3) is 0.286. The highest BCUT2D eigenvalue weighted by Crippen LogP contribution is 2.22. The predicted molar refractivity (Wildman–Crippen MR) is 85.4 cm³/mol. The number of phenols is 1. The highest BCUT2D eigenvalue weighted by molar-refractivity contribution is 7.80. The number of hydrogen-bond donors (Lipinski definition) is 3. The number of hydrogen-bond acceptors (Lipinski definition) is 4. The summed E-state index contributed by atoms with van der Waals surface area (Å²) in [7, 11) is 0. The smallest absolute Gasteiger partial charge is 0.187 e. The zero-order valence-electron chi connectivity index (χ0n) is 11.4. The van der Waals surface area contributed by atoms with Gasteiger partial charge in [0.25, 0.3) is 0 Å². The third kappa shape index (κ3) is 5.71. The number of hydrazone groups is 1. The number of rotatable bonds is 7. The Morgan fingerprint density at radius 1 is 1.55 bits per heavy atom. The van der Waals surface area contributed by atoms with Gasteiger partial charge in [0, 0.05) is 18.2 Å². The number of thiocarbonyl (C=S) groups is 1. The molecule has 0 bridgehead atoms. The van der Waals surface area contributed by atoms with Gasteiger partial charge < -0.3 is 15.2 Å². The van der Waals surface area contributed by atoms with Gasteiger partial charge >= 0.3 is 0 Å². The second-order valence-corrected chi connectivity index (χ2v) is 4.35. The Hall–Kier alpha value is -2.08. The van der Waals surface area contributed by atoms with Crippen molar-refractivity contribution in [3.8, 4) is 11.5 Å². The molecular weight excluding hydrogens is 274 g/mol. The van der Waals surface area contributed by atoms with Gasteiger partial charge in [-0.15, -0.1) is 6.58 Å². The van der Waals surface area contributed by atoms with Crippen LogP contribution in [0.25, 0.3) is 0 Å². The molecule has 1 rings (SSSR count). The lowest BCUT2D eigenvalue weighted by Crippen LogP contribution is -2.31. The Morgan fingerprint density at radius 3 is 3.00 bits per heavy atom. The van der Waals surface area contributed by atoms with E-state index in [2.05, 4.69) is 22.4 Å². The number of nitrogens with zero attached hydrogens (tertiary/aromatic N) is 1. The Kier molecular flexibility index (Phi) is 7.13. The Balaban J connectivity index is 2.55. The molecule has 6 heteroatoms. The van der Waals surface area contributed by atoms with E-state index < -0.39 is 0 Å². The molecule has 0 aliphatic rings. The molecule has 108 valence electrons. The summed E-state index contributed by atoms with van der Waals surface area (Å²) in [6.45, 7) is 6.78. The minimum atomic E-state index is 0.106. The number of ether oxygens (including phenoxy) is 1. The van der Waals surface area contributed by atoms with E-state index in [0.29, 0.717) is 29.6 Å². The number of benzene rings is 1. The highest BCUT2D eigenvalue weighted by atomic mass is 32.1. The van der Waals surface area contributed by atoms with Gasteiger partial charge in [-0.2, -0.15) is 5.10 Å². The fourth-order valence-corrected chi connectivity index (χ4v) is 1.44. The van der Waals surface area contributed by atoms with Crippen LogP contribution in [0.4, 0.5) is 0 Å². The van der Waals surface area contributed by atoms with Crippen molar-refractivity contribution in [1.29, 1.82) is 0 Å².